The fraction of sp³-hybridized carbons (Fsp3) is 0.227. The normalized spacial score (nSPS) is 16.6. The summed E-state index contributed by atoms with van der Waals surface area (Å²) < 4.78 is 10.8. The minimum Gasteiger partial charge on any atom is -0.488 e. The van der Waals surface area contributed by atoms with Crippen LogP contribution in [0.25, 0.3) is 6.08 Å². The summed E-state index contributed by atoms with van der Waals surface area (Å²) in [5.41, 5.74) is 1.08. The zero-order valence-corrected chi connectivity index (χ0v) is 16.1. The van der Waals surface area contributed by atoms with Crippen molar-refractivity contribution >= 4 is 35.2 Å². The van der Waals surface area contributed by atoms with E-state index in [4.69, 9.17) is 9.47 Å². The van der Waals surface area contributed by atoms with Crippen LogP contribution in [0.2, 0.25) is 0 Å². The molecule has 2 aliphatic rings. The van der Waals surface area contributed by atoms with E-state index in [0.29, 0.717) is 22.7 Å². The molecule has 2 aliphatic heterocycles. The largest absolute Gasteiger partial charge is 0.488 e. The standard InChI is InChI=1S/C22H20N2O5/c1-22(2)21(27)23-16-8-4-5-9-17(16)24(22)19(25)13-29-20(26)15-11-14-7-3-6-10-18(14)28-12-15/h3-11H,12-13H2,1-2H3,(H,23,27). The van der Waals surface area contributed by atoms with Crippen LogP contribution in [-0.4, -0.2) is 36.5 Å². The van der Waals surface area contributed by atoms with Gasteiger partial charge in [0.2, 0.25) is 5.91 Å². The molecular formula is C22H20N2O5. The number of hydrogen-bond acceptors (Lipinski definition) is 5. The minimum absolute atomic E-state index is 0.0739. The van der Waals surface area contributed by atoms with Gasteiger partial charge >= 0.3 is 5.97 Å². The topological polar surface area (TPSA) is 84.9 Å². The maximum absolute atomic E-state index is 12.9. The van der Waals surface area contributed by atoms with Crippen molar-refractivity contribution in [3.05, 3.63) is 59.7 Å². The van der Waals surface area contributed by atoms with Crippen molar-refractivity contribution in [3.8, 4) is 5.75 Å². The highest BCUT2D eigenvalue weighted by Crippen LogP contribution is 2.36. The lowest BCUT2D eigenvalue weighted by Crippen LogP contribution is -2.59. The molecule has 0 bridgehead atoms. The molecule has 2 aromatic rings. The van der Waals surface area contributed by atoms with Crippen LogP contribution in [0.1, 0.15) is 19.4 Å². The Morgan fingerprint density at radius 2 is 1.86 bits per heavy atom. The van der Waals surface area contributed by atoms with E-state index in [1.54, 1.807) is 44.2 Å². The number of rotatable bonds is 3. The number of amides is 2. The predicted molar refractivity (Wildman–Crippen MR) is 108 cm³/mol. The maximum Gasteiger partial charge on any atom is 0.338 e. The summed E-state index contributed by atoms with van der Waals surface area (Å²) in [6.07, 6.45) is 1.69. The van der Waals surface area contributed by atoms with Gasteiger partial charge in [-0.3, -0.25) is 14.5 Å². The van der Waals surface area contributed by atoms with Crippen LogP contribution in [0.5, 0.6) is 5.75 Å². The Morgan fingerprint density at radius 3 is 2.69 bits per heavy atom. The molecule has 4 rings (SSSR count). The first-order chi connectivity index (χ1) is 13.9. The number of fused-ring (bicyclic) bond motifs is 2. The molecule has 29 heavy (non-hydrogen) atoms. The average molecular weight is 392 g/mol. The lowest BCUT2D eigenvalue weighted by molar-refractivity contribution is -0.144. The van der Waals surface area contributed by atoms with E-state index in [1.165, 1.54) is 4.90 Å². The molecule has 0 saturated heterocycles. The summed E-state index contributed by atoms with van der Waals surface area (Å²) in [6, 6.07) is 14.4. The van der Waals surface area contributed by atoms with Gasteiger partial charge in [0.25, 0.3) is 5.91 Å². The van der Waals surface area contributed by atoms with E-state index in [1.807, 2.05) is 24.3 Å². The third-order valence-corrected chi connectivity index (χ3v) is 4.98. The van der Waals surface area contributed by atoms with Gasteiger partial charge in [-0.05, 0) is 38.1 Å². The van der Waals surface area contributed by atoms with Crippen LogP contribution in [0.15, 0.2) is 54.1 Å². The van der Waals surface area contributed by atoms with E-state index >= 15 is 0 Å². The van der Waals surface area contributed by atoms with Gasteiger partial charge in [-0.15, -0.1) is 0 Å². The summed E-state index contributed by atoms with van der Waals surface area (Å²) >= 11 is 0. The van der Waals surface area contributed by atoms with Crippen molar-refractivity contribution in [3.63, 3.8) is 0 Å². The van der Waals surface area contributed by atoms with Crippen LogP contribution in [0.3, 0.4) is 0 Å². The highest BCUT2D eigenvalue weighted by Gasteiger charge is 2.43. The van der Waals surface area contributed by atoms with Crippen LogP contribution in [0, 0.1) is 0 Å². The van der Waals surface area contributed by atoms with E-state index in [9.17, 15) is 14.4 Å². The highest BCUT2D eigenvalue weighted by molar-refractivity contribution is 6.14. The number of hydrogen-bond donors (Lipinski definition) is 1. The molecule has 0 unspecified atom stereocenters. The van der Waals surface area contributed by atoms with Crippen LogP contribution in [-0.2, 0) is 19.1 Å². The summed E-state index contributed by atoms with van der Waals surface area (Å²) in [4.78, 5) is 39.2. The zero-order valence-electron chi connectivity index (χ0n) is 16.1. The first kappa shape index (κ1) is 18.7. The summed E-state index contributed by atoms with van der Waals surface area (Å²) in [5.74, 6) is -0.725. The second-order valence-electron chi connectivity index (χ2n) is 7.33. The molecule has 148 valence electrons. The van der Waals surface area contributed by atoms with E-state index in [-0.39, 0.29) is 12.5 Å². The Labute approximate surface area is 167 Å². The van der Waals surface area contributed by atoms with Gasteiger partial charge < -0.3 is 14.8 Å². The fourth-order valence-corrected chi connectivity index (χ4v) is 3.42. The van der Waals surface area contributed by atoms with Gasteiger partial charge in [0.05, 0.1) is 16.9 Å². The number of benzene rings is 2. The van der Waals surface area contributed by atoms with E-state index < -0.39 is 24.0 Å². The molecule has 0 spiro atoms. The van der Waals surface area contributed by atoms with Crippen molar-refractivity contribution < 1.29 is 23.9 Å². The molecule has 7 nitrogen and oxygen atoms in total. The summed E-state index contributed by atoms with van der Waals surface area (Å²) in [5, 5.41) is 2.79. The van der Waals surface area contributed by atoms with Gasteiger partial charge in [-0.25, -0.2) is 4.79 Å². The van der Waals surface area contributed by atoms with Gasteiger partial charge in [0.1, 0.15) is 17.9 Å². The van der Waals surface area contributed by atoms with Gasteiger partial charge in [0, 0.05) is 5.56 Å². The number of ether oxygens (including phenoxy) is 2. The molecule has 2 heterocycles. The first-order valence-corrected chi connectivity index (χ1v) is 9.21. The average Bonchev–Trinajstić information content (AvgIpc) is 2.72. The number of nitrogens with one attached hydrogen (secondary N) is 1. The minimum atomic E-state index is -1.12. The monoisotopic (exact) mass is 392 g/mol. The van der Waals surface area contributed by atoms with E-state index in [2.05, 4.69) is 5.32 Å². The predicted octanol–water partition coefficient (Wildman–Crippen LogP) is 2.77. The molecule has 7 heteroatoms. The molecule has 0 radical (unpaired) electrons. The van der Waals surface area contributed by atoms with Crippen molar-refractivity contribution in [1.82, 2.24) is 0 Å². The van der Waals surface area contributed by atoms with Gasteiger partial charge in [0.15, 0.2) is 6.61 Å². The smallest absolute Gasteiger partial charge is 0.338 e. The third kappa shape index (κ3) is 3.35. The van der Waals surface area contributed by atoms with Crippen molar-refractivity contribution in [1.29, 1.82) is 0 Å². The van der Waals surface area contributed by atoms with Crippen molar-refractivity contribution in [2.75, 3.05) is 23.4 Å². The second kappa shape index (κ2) is 7.09. The number of carbonyl (C=O) groups is 3. The number of nitrogens with zero attached hydrogens (tertiary/aromatic N) is 1. The molecule has 2 aromatic carbocycles. The Hall–Kier alpha value is -3.61. The number of para-hydroxylation sites is 3. The summed E-state index contributed by atoms with van der Waals surface area (Å²) in [6.45, 7) is 2.88. The molecular weight excluding hydrogens is 372 g/mol. The van der Waals surface area contributed by atoms with Gasteiger partial charge in [-0.1, -0.05) is 30.3 Å². The fourth-order valence-electron chi connectivity index (χ4n) is 3.42. The Kier molecular flexibility index (Phi) is 4.58. The number of carbonyl (C=O) groups excluding carboxylic acids is 3. The zero-order chi connectivity index (χ0) is 20.6. The number of anilines is 2. The Bertz CT molecular complexity index is 1040. The second-order valence-corrected chi connectivity index (χ2v) is 7.33. The Balaban J connectivity index is 1.51. The Morgan fingerprint density at radius 1 is 1.14 bits per heavy atom. The molecule has 0 aromatic heterocycles. The molecule has 1 N–H and O–H groups in total. The molecule has 0 fully saturated rings. The first-order valence-electron chi connectivity index (χ1n) is 9.21. The molecule has 0 saturated carbocycles. The quantitative estimate of drug-likeness (QED) is 0.812. The van der Waals surface area contributed by atoms with E-state index in [0.717, 1.165) is 5.56 Å². The molecule has 0 aliphatic carbocycles. The highest BCUT2D eigenvalue weighted by atomic mass is 16.5. The third-order valence-electron chi connectivity index (χ3n) is 4.98. The van der Waals surface area contributed by atoms with Gasteiger partial charge in [-0.2, -0.15) is 0 Å². The maximum atomic E-state index is 12.9. The SMILES string of the molecule is CC1(C)C(=O)Nc2ccccc2N1C(=O)COC(=O)C1=Cc2ccccc2OC1. The molecule has 0 atom stereocenters. The van der Waals surface area contributed by atoms with Crippen LogP contribution in [0.4, 0.5) is 11.4 Å². The van der Waals surface area contributed by atoms with Crippen molar-refractivity contribution in [2.24, 2.45) is 0 Å². The molecule has 2 amide bonds. The van der Waals surface area contributed by atoms with Crippen molar-refractivity contribution in [2.45, 2.75) is 19.4 Å². The lowest BCUT2D eigenvalue weighted by atomic mass is 9.96. The summed E-state index contributed by atoms with van der Waals surface area (Å²) in [7, 11) is 0. The number of esters is 1. The lowest BCUT2D eigenvalue weighted by Gasteiger charge is -2.41. The van der Waals surface area contributed by atoms with Crippen LogP contribution < -0.4 is 15.0 Å². The van der Waals surface area contributed by atoms with Crippen LogP contribution >= 0.6 is 0 Å².